The third-order valence-corrected chi connectivity index (χ3v) is 2.13. The standard InChI is InChI=1S/C13H10O/c14-10-11-5-4-8-12-6-2-1-3-7-13(12)9-11/h1-10H. The fourth-order valence-electron chi connectivity index (χ4n) is 1.42. The Bertz CT molecular complexity index is 426. The lowest BCUT2D eigenvalue weighted by Gasteiger charge is -1.99. The molecule has 0 radical (unpaired) electrons. The van der Waals surface area contributed by atoms with E-state index in [1.807, 2.05) is 54.7 Å². The van der Waals surface area contributed by atoms with E-state index in [0.29, 0.717) is 5.57 Å². The van der Waals surface area contributed by atoms with Gasteiger partial charge in [0, 0.05) is 5.57 Å². The second kappa shape index (κ2) is 3.88. The SMILES string of the molecule is O=CC1=CC2=CC=CC=CC2=CC=C1. The summed E-state index contributed by atoms with van der Waals surface area (Å²) in [6.07, 6.45) is 18.4. The first-order valence-electron chi connectivity index (χ1n) is 4.51. The molecule has 2 aliphatic carbocycles. The van der Waals surface area contributed by atoms with Gasteiger partial charge >= 0.3 is 0 Å². The van der Waals surface area contributed by atoms with E-state index in [9.17, 15) is 4.79 Å². The van der Waals surface area contributed by atoms with Gasteiger partial charge in [-0.25, -0.2) is 0 Å². The zero-order chi connectivity index (χ0) is 9.80. The smallest absolute Gasteiger partial charge is 0.150 e. The highest BCUT2D eigenvalue weighted by atomic mass is 16.1. The Labute approximate surface area is 83.1 Å². The third kappa shape index (κ3) is 1.72. The summed E-state index contributed by atoms with van der Waals surface area (Å²) in [7, 11) is 0. The number of hydrogen-bond donors (Lipinski definition) is 0. The van der Waals surface area contributed by atoms with Gasteiger partial charge in [0.15, 0.2) is 0 Å². The van der Waals surface area contributed by atoms with Gasteiger partial charge in [0.25, 0.3) is 0 Å². The summed E-state index contributed by atoms with van der Waals surface area (Å²) >= 11 is 0. The molecule has 0 aliphatic heterocycles. The summed E-state index contributed by atoms with van der Waals surface area (Å²) in [5, 5.41) is 0. The van der Waals surface area contributed by atoms with Crippen LogP contribution in [0.25, 0.3) is 0 Å². The molecule has 0 amide bonds. The van der Waals surface area contributed by atoms with E-state index in [2.05, 4.69) is 0 Å². The number of carbonyl (C=O) groups excluding carboxylic acids is 1. The normalized spacial score (nSPS) is 18.7. The molecule has 0 fully saturated rings. The molecular weight excluding hydrogens is 172 g/mol. The van der Waals surface area contributed by atoms with Gasteiger partial charge in [-0.3, -0.25) is 4.79 Å². The van der Waals surface area contributed by atoms with E-state index < -0.39 is 0 Å². The molecule has 2 aliphatic rings. The van der Waals surface area contributed by atoms with E-state index in [1.165, 1.54) is 0 Å². The summed E-state index contributed by atoms with van der Waals surface area (Å²) in [5.74, 6) is 0. The predicted octanol–water partition coefficient (Wildman–Crippen LogP) is 2.66. The topological polar surface area (TPSA) is 17.1 Å². The summed E-state index contributed by atoms with van der Waals surface area (Å²) in [6, 6.07) is 0. The predicted molar refractivity (Wildman–Crippen MR) is 57.7 cm³/mol. The molecule has 0 N–H and O–H groups in total. The minimum absolute atomic E-state index is 0.700. The second-order valence-corrected chi connectivity index (χ2v) is 3.11. The molecule has 0 spiro atoms. The highest BCUT2D eigenvalue weighted by Crippen LogP contribution is 2.20. The van der Waals surface area contributed by atoms with Crippen molar-refractivity contribution < 1.29 is 4.79 Å². The number of carbonyl (C=O) groups is 1. The van der Waals surface area contributed by atoms with Gasteiger partial charge in [0.05, 0.1) is 0 Å². The Morgan fingerprint density at radius 1 is 0.857 bits per heavy atom. The lowest BCUT2D eigenvalue weighted by Crippen LogP contribution is -1.83. The Hall–Kier alpha value is -1.89. The summed E-state index contributed by atoms with van der Waals surface area (Å²) in [6.45, 7) is 0. The van der Waals surface area contributed by atoms with E-state index >= 15 is 0 Å². The molecule has 0 saturated heterocycles. The van der Waals surface area contributed by atoms with Crippen molar-refractivity contribution in [3.8, 4) is 0 Å². The van der Waals surface area contributed by atoms with Crippen LogP contribution in [0, 0.1) is 0 Å². The summed E-state index contributed by atoms with van der Waals surface area (Å²) in [4.78, 5) is 10.7. The Morgan fingerprint density at radius 3 is 2.57 bits per heavy atom. The molecule has 1 heteroatoms. The minimum atomic E-state index is 0.700. The largest absolute Gasteiger partial charge is 0.298 e. The maximum atomic E-state index is 10.7. The van der Waals surface area contributed by atoms with Crippen molar-refractivity contribution in [2.24, 2.45) is 0 Å². The fraction of sp³-hybridized carbons (Fsp3) is 0. The van der Waals surface area contributed by atoms with Crippen LogP contribution >= 0.6 is 0 Å². The van der Waals surface area contributed by atoms with E-state index in [0.717, 1.165) is 17.4 Å². The molecule has 0 aromatic rings. The molecule has 14 heavy (non-hydrogen) atoms. The fourth-order valence-corrected chi connectivity index (χ4v) is 1.42. The van der Waals surface area contributed by atoms with Crippen LogP contribution in [-0.4, -0.2) is 6.29 Å². The first kappa shape index (κ1) is 8.70. The van der Waals surface area contributed by atoms with Gasteiger partial charge in [0.2, 0.25) is 0 Å². The highest BCUT2D eigenvalue weighted by molar-refractivity contribution is 5.80. The van der Waals surface area contributed by atoms with Crippen LogP contribution in [0.5, 0.6) is 0 Å². The van der Waals surface area contributed by atoms with Gasteiger partial charge in [-0.05, 0) is 17.2 Å². The molecule has 2 rings (SSSR count). The first-order valence-corrected chi connectivity index (χ1v) is 4.51. The second-order valence-electron chi connectivity index (χ2n) is 3.11. The van der Waals surface area contributed by atoms with Crippen molar-refractivity contribution >= 4 is 6.29 Å². The van der Waals surface area contributed by atoms with Gasteiger partial charge in [0.1, 0.15) is 6.29 Å². The Morgan fingerprint density at radius 2 is 1.71 bits per heavy atom. The van der Waals surface area contributed by atoms with Crippen LogP contribution in [0.1, 0.15) is 0 Å². The number of allylic oxidation sites excluding steroid dienone is 12. The summed E-state index contributed by atoms with van der Waals surface area (Å²) in [5.41, 5.74) is 2.90. The van der Waals surface area contributed by atoms with Crippen LogP contribution in [0.4, 0.5) is 0 Å². The highest BCUT2D eigenvalue weighted by Gasteiger charge is 2.03. The number of hydrogen-bond acceptors (Lipinski definition) is 1. The van der Waals surface area contributed by atoms with Crippen molar-refractivity contribution in [1.82, 2.24) is 0 Å². The van der Waals surface area contributed by atoms with Crippen LogP contribution in [0.15, 0.2) is 71.4 Å². The monoisotopic (exact) mass is 182 g/mol. The Balaban J connectivity index is 2.49. The molecule has 0 saturated carbocycles. The van der Waals surface area contributed by atoms with Crippen molar-refractivity contribution in [3.05, 3.63) is 71.4 Å². The van der Waals surface area contributed by atoms with Crippen molar-refractivity contribution in [2.75, 3.05) is 0 Å². The molecule has 0 bridgehead atoms. The van der Waals surface area contributed by atoms with Gasteiger partial charge in [-0.1, -0.05) is 48.6 Å². The first-order chi connectivity index (χ1) is 6.90. The minimum Gasteiger partial charge on any atom is -0.298 e. The van der Waals surface area contributed by atoms with Crippen molar-refractivity contribution in [2.45, 2.75) is 0 Å². The van der Waals surface area contributed by atoms with Crippen LogP contribution in [-0.2, 0) is 4.79 Å². The van der Waals surface area contributed by atoms with E-state index in [-0.39, 0.29) is 0 Å². The zero-order valence-electron chi connectivity index (χ0n) is 7.68. The van der Waals surface area contributed by atoms with E-state index in [4.69, 9.17) is 0 Å². The van der Waals surface area contributed by atoms with Crippen LogP contribution in [0.2, 0.25) is 0 Å². The number of aldehydes is 1. The molecule has 68 valence electrons. The summed E-state index contributed by atoms with van der Waals surface area (Å²) < 4.78 is 0. The molecule has 0 aromatic carbocycles. The molecule has 0 aromatic heterocycles. The lowest BCUT2D eigenvalue weighted by atomic mass is 10.1. The molecule has 0 unspecified atom stereocenters. The number of rotatable bonds is 1. The van der Waals surface area contributed by atoms with Gasteiger partial charge in [-0.15, -0.1) is 0 Å². The maximum Gasteiger partial charge on any atom is 0.150 e. The average Bonchev–Trinajstić information content (AvgIpc) is 2.50. The van der Waals surface area contributed by atoms with Crippen LogP contribution in [0.3, 0.4) is 0 Å². The van der Waals surface area contributed by atoms with E-state index in [1.54, 1.807) is 0 Å². The van der Waals surface area contributed by atoms with Gasteiger partial charge in [-0.2, -0.15) is 0 Å². The molecule has 1 nitrogen and oxygen atoms in total. The maximum absolute atomic E-state index is 10.7. The van der Waals surface area contributed by atoms with Gasteiger partial charge < -0.3 is 0 Å². The third-order valence-electron chi connectivity index (χ3n) is 2.13. The average molecular weight is 182 g/mol. The molecular formula is C13H10O. The molecule has 0 heterocycles. The number of fused-ring (bicyclic) bond motifs is 1. The quantitative estimate of drug-likeness (QED) is 0.570. The molecule has 0 atom stereocenters. The van der Waals surface area contributed by atoms with Crippen LogP contribution < -0.4 is 0 Å². The Kier molecular flexibility index (Phi) is 2.41. The van der Waals surface area contributed by atoms with Crippen molar-refractivity contribution in [3.63, 3.8) is 0 Å². The van der Waals surface area contributed by atoms with Crippen molar-refractivity contribution in [1.29, 1.82) is 0 Å². The zero-order valence-corrected chi connectivity index (χ0v) is 7.68. The lowest BCUT2D eigenvalue weighted by molar-refractivity contribution is -0.104.